The standard InChI is InChI=1S/C18H24N2O2/c1-12-4-6-16-14(10-12)15-11-13(18(21)22-2)5-7-17(15)20(16)9-3-8-19/h5,7,11-12H,3-4,6,8-10,19H2,1-2H3. The minimum atomic E-state index is -0.269. The first-order valence-electron chi connectivity index (χ1n) is 8.08. The molecule has 4 heteroatoms. The topological polar surface area (TPSA) is 57.2 Å². The minimum Gasteiger partial charge on any atom is -0.465 e. The molecule has 1 aliphatic carbocycles. The van der Waals surface area contributed by atoms with Gasteiger partial charge in [0.1, 0.15) is 0 Å². The molecular weight excluding hydrogens is 276 g/mol. The molecule has 1 unspecified atom stereocenters. The van der Waals surface area contributed by atoms with E-state index < -0.39 is 0 Å². The maximum absolute atomic E-state index is 11.8. The Hall–Kier alpha value is -1.81. The van der Waals surface area contributed by atoms with Crippen molar-refractivity contribution in [1.29, 1.82) is 0 Å². The number of ether oxygens (including phenoxy) is 1. The van der Waals surface area contributed by atoms with E-state index in [0.29, 0.717) is 18.0 Å². The zero-order valence-electron chi connectivity index (χ0n) is 13.4. The van der Waals surface area contributed by atoms with Crippen molar-refractivity contribution in [2.24, 2.45) is 11.7 Å². The van der Waals surface area contributed by atoms with Crippen molar-refractivity contribution < 1.29 is 9.53 Å². The van der Waals surface area contributed by atoms with Crippen LogP contribution in [0.4, 0.5) is 0 Å². The fourth-order valence-corrected chi connectivity index (χ4v) is 3.57. The van der Waals surface area contributed by atoms with Crippen molar-refractivity contribution in [1.82, 2.24) is 4.57 Å². The molecule has 4 nitrogen and oxygen atoms in total. The Bertz CT molecular complexity index is 703. The minimum absolute atomic E-state index is 0.269. The van der Waals surface area contributed by atoms with E-state index in [1.54, 1.807) is 0 Å². The maximum Gasteiger partial charge on any atom is 0.337 e. The Morgan fingerprint density at radius 3 is 3.00 bits per heavy atom. The van der Waals surface area contributed by atoms with Crippen molar-refractivity contribution in [2.45, 2.75) is 39.2 Å². The van der Waals surface area contributed by atoms with Gasteiger partial charge in [0, 0.05) is 23.1 Å². The lowest BCUT2D eigenvalue weighted by atomic mass is 9.87. The van der Waals surface area contributed by atoms with Crippen LogP contribution in [0.15, 0.2) is 18.2 Å². The molecule has 0 radical (unpaired) electrons. The van der Waals surface area contributed by atoms with Crippen molar-refractivity contribution in [3.63, 3.8) is 0 Å². The lowest BCUT2D eigenvalue weighted by Gasteiger charge is -2.20. The monoisotopic (exact) mass is 300 g/mol. The van der Waals surface area contributed by atoms with Gasteiger partial charge in [-0.2, -0.15) is 0 Å². The summed E-state index contributed by atoms with van der Waals surface area (Å²) in [4.78, 5) is 11.8. The summed E-state index contributed by atoms with van der Waals surface area (Å²) in [6.45, 7) is 3.95. The number of esters is 1. The van der Waals surface area contributed by atoms with Crippen LogP contribution in [-0.2, 0) is 24.1 Å². The zero-order valence-corrected chi connectivity index (χ0v) is 13.4. The van der Waals surface area contributed by atoms with Crippen LogP contribution in [0.5, 0.6) is 0 Å². The summed E-state index contributed by atoms with van der Waals surface area (Å²) in [5.41, 5.74) is 10.4. The normalized spacial score (nSPS) is 17.5. The molecule has 22 heavy (non-hydrogen) atoms. The second-order valence-electron chi connectivity index (χ2n) is 6.29. The van der Waals surface area contributed by atoms with Gasteiger partial charge >= 0.3 is 5.97 Å². The van der Waals surface area contributed by atoms with Crippen LogP contribution >= 0.6 is 0 Å². The number of fused-ring (bicyclic) bond motifs is 3. The van der Waals surface area contributed by atoms with E-state index in [4.69, 9.17) is 10.5 Å². The second kappa shape index (κ2) is 6.13. The van der Waals surface area contributed by atoms with Crippen LogP contribution in [0.1, 0.15) is 41.4 Å². The summed E-state index contributed by atoms with van der Waals surface area (Å²) < 4.78 is 7.27. The number of carbonyl (C=O) groups is 1. The highest BCUT2D eigenvalue weighted by molar-refractivity contribution is 5.96. The van der Waals surface area contributed by atoms with Gasteiger partial charge in [-0.15, -0.1) is 0 Å². The van der Waals surface area contributed by atoms with Gasteiger partial charge in [0.2, 0.25) is 0 Å². The van der Waals surface area contributed by atoms with Gasteiger partial charge in [0.05, 0.1) is 12.7 Å². The van der Waals surface area contributed by atoms with Gasteiger partial charge in [-0.05, 0) is 61.9 Å². The summed E-state index contributed by atoms with van der Waals surface area (Å²) in [5.74, 6) is 0.428. The number of nitrogens with zero attached hydrogens (tertiary/aromatic N) is 1. The molecule has 0 saturated carbocycles. The smallest absolute Gasteiger partial charge is 0.337 e. The van der Waals surface area contributed by atoms with Gasteiger partial charge < -0.3 is 15.0 Å². The van der Waals surface area contributed by atoms with Gasteiger partial charge in [-0.25, -0.2) is 4.79 Å². The summed E-state index contributed by atoms with van der Waals surface area (Å²) >= 11 is 0. The molecule has 1 heterocycles. The number of nitrogens with two attached hydrogens (primary N) is 1. The van der Waals surface area contributed by atoms with Crippen molar-refractivity contribution in [3.05, 3.63) is 35.0 Å². The van der Waals surface area contributed by atoms with Gasteiger partial charge in [-0.3, -0.25) is 0 Å². The first-order valence-corrected chi connectivity index (χ1v) is 8.08. The number of hydrogen-bond donors (Lipinski definition) is 1. The average molecular weight is 300 g/mol. The van der Waals surface area contributed by atoms with E-state index in [2.05, 4.69) is 17.6 Å². The molecule has 0 bridgehead atoms. The molecule has 0 saturated heterocycles. The molecule has 0 amide bonds. The predicted molar refractivity (Wildman–Crippen MR) is 88.1 cm³/mol. The fraction of sp³-hybridized carbons (Fsp3) is 0.500. The van der Waals surface area contributed by atoms with Gasteiger partial charge in [-0.1, -0.05) is 6.92 Å². The van der Waals surface area contributed by atoms with E-state index in [9.17, 15) is 4.79 Å². The Morgan fingerprint density at radius 1 is 1.45 bits per heavy atom. The second-order valence-corrected chi connectivity index (χ2v) is 6.29. The molecule has 1 aliphatic rings. The van der Waals surface area contributed by atoms with E-state index in [1.807, 2.05) is 12.1 Å². The Morgan fingerprint density at radius 2 is 2.27 bits per heavy atom. The number of benzene rings is 1. The summed E-state index contributed by atoms with van der Waals surface area (Å²) in [6, 6.07) is 5.92. The Balaban J connectivity index is 2.16. The third-order valence-electron chi connectivity index (χ3n) is 4.72. The van der Waals surface area contributed by atoms with Crippen LogP contribution in [0.2, 0.25) is 0 Å². The van der Waals surface area contributed by atoms with E-state index in [0.717, 1.165) is 25.8 Å². The van der Waals surface area contributed by atoms with E-state index in [-0.39, 0.29) is 5.97 Å². The van der Waals surface area contributed by atoms with Crippen LogP contribution in [0.3, 0.4) is 0 Å². The number of aromatic nitrogens is 1. The van der Waals surface area contributed by atoms with E-state index in [1.165, 1.54) is 35.7 Å². The Labute approximate surface area is 131 Å². The van der Waals surface area contributed by atoms with Crippen molar-refractivity contribution in [3.8, 4) is 0 Å². The summed E-state index contributed by atoms with van der Waals surface area (Å²) in [7, 11) is 1.43. The molecule has 2 aromatic rings. The zero-order chi connectivity index (χ0) is 15.7. The molecule has 0 fully saturated rings. The summed E-state index contributed by atoms with van der Waals surface area (Å²) in [6.07, 6.45) is 4.41. The highest BCUT2D eigenvalue weighted by Gasteiger charge is 2.23. The molecule has 0 aliphatic heterocycles. The lowest BCUT2D eigenvalue weighted by Crippen LogP contribution is -2.15. The highest BCUT2D eigenvalue weighted by Crippen LogP contribution is 2.35. The van der Waals surface area contributed by atoms with Gasteiger partial charge in [0.25, 0.3) is 0 Å². The van der Waals surface area contributed by atoms with Gasteiger partial charge in [0.15, 0.2) is 0 Å². The first kappa shape index (κ1) is 15.1. The highest BCUT2D eigenvalue weighted by atomic mass is 16.5. The molecule has 118 valence electrons. The SMILES string of the molecule is COC(=O)c1ccc2c(c1)c1c(n2CCCN)CCC(C)C1. The van der Waals surface area contributed by atoms with Crippen molar-refractivity contribution >= 4 is 16.9 Å². The Kier molecular flexibility index (Phi) is 4.21. The number of carbonyl (C=O) groups excluding carboxylic acids is 1. The van der Waals surface area contributed by atoms with Crippen LogP contribution in [0.25, 0.3) is 10.9 Å². The van der Waals surface area contributed by atoms with Crippen molar-refractivity contribution in [2.75, 3.05) is 13.7 Å². The molecule has 0 spiro atoms. The average Bonchev–Trinajstić information content (AvgIpc) is 2.84. The number of methoxy groups -OCH3 is 1. The number of hydrogen-bond acceptors (Lipinski definition) is 3. The van der Waals surface area contributed by atoms with E-state index >= 15 is 0 Å². The van der Waals surface area contributed by atoms with Crippen LogP contribution in [0, 0.1) is 5.92 Å². The molecule has 1 aromatic carbocycles. The molecule has 2 N–H and O–H groups in total. The molecule has 1 aromatic heterocycles. The first-order chi connectivity index (χ1) is 10.7. The predicted octanol–water partition coefficient (Wildman–Crippen LogP) is 2.90. The largest absolute Gasteiger partial charge is 0.465 e. The van der Waals surface area contributed by atoms with Crippen LogP contribution in [-0.4, -0.2) is 24.2 Å². The quantitative estimate of drug-likeness (QED) is 0.883. The maximum atomic E-state index is 11.8. The van der Waals surface area contributed by atoms with Crippen LogP contribution < -0.4 is 5.73 Å². The molecule has 1 atom stereocenters. The number of rotatable bonds is 4. The molecular formula is C18H24N2O2. The molecule has 3 rings (SSSR count). The lowest BCUT2D eigenvalue weighted by molar-refractivity contribution is 0.0601. The fourth-order valence-electron chi connectivity index (χ4n) is 3.57. The third kappa shape index (κ3) is 2.52. The third-order valence-corrected chi connectivity index (χ3v) is 4.72. The summed E-state index contributed by atoms with van der Waals surface area (Å²) in [5, 5.41) is 1.21. The number of aryl methyl sites for hydroxylation is 1.